The molecule has 0 amide bonds. The van der Waals surface area contributed by atoms with Crippen LogP contribution in [0.25, 0.3) is 21.3 Å². The van der Waals surface area contributed by atoms with Gasteiger partial charge in [0.25, 0.3) is 5.56 Å². The van der Waals surface area contributed by atoms with E-state index in [-0.39, 0.29) is 17.5 Å². The highest BCUT2D eigenvalue weighted by Crippen LogP contribution is 2.35. The molecule has 0 bridgehead atoms. The number of aryl methyl sites for hydroxylation is 3. The van der Waals surface area contributed by atoms with Gasteiger partial charge in [-0.2, -0.15) is 0 Å². The lowest BCUT2D eigenvalue weighted by atomic mass is 10.0. The minimum absolute atomic E-state index is 0.102. The van der Waals surface area contributed by atoms with Crippen LogP contribution in [0.4, 0.5) is 0 Å². The van der Waals surface area contributed by atoms with Crippen LogP contribution in [0.5, 0.6) is 5.75 Å². The molecule has 0 aliphatic rings. The van der Waals surface area contributed by atoms with Crippen molar-refractivity contribution in [3.63, 3.8) is 0 Å². The predicted molar refractivity (Wildman–Crippen MR) is 125 cm³/mol. The van der Waals surface area contributed by atoms with Gasteiger partial charge < -0.3 is 9.72 Å². The molecule has 1 N–H and O–H groups in total. The fourth-order valence-electron chi connectivity index (χ4n) is 3.64. The highest BCUT2D eigenvalue weighted by Gasteiger charge is 2.19. The van der Waals surface area contributed by atoms with E-state index in [2.05, 4.69) is 4.98 Å². The first kappa shape index (κ1) is 21.1. The first-order valence-electron chi connectivity index (χ1n) is 10.3. The van der Waals surface area contributed by atoms with Crippen molar-refractivity contribution in [2.24, 2.45) is 0 Å². The average molecular weight is 436 g/mol. The molecule has 6 nitrogen and oxygen atoms in total. The number of fused-ring (bicyclic) bond motifs is 1. The van der Waals surface area contributed by atoms with E-state index in [1.54, 1.807) is 10.8 Å². The molecule has 0 aliphatic heterocycles. The number of nitrogens with one attached hydrogen (secondary N) is 1. The van der Waals surface area contributed by atoms with Crippen LogP contribution in [0.3, 0.4) is 0 Å². The molecular weight excluding hydrogens is 410 g/mol. The topological polar surface area (TPSA) is 77.0 Å². The first-order chi connectivity index (χ1) is 14.9. The molecular formula is C24H25N3O3S. The maximum Gasteiger partial charge on any atom is 0.263 e. The summed E-state index contributed by atoms with van der Waals surface area (Å²) in [5.41, 5.74) is 3.44. The van der Waals surface area contributed by atoms with Gasteiger partial charge in [0.15, 0.2) is 5.75 Å². The Hall–Kier alpha value is -3.19. The molecule has 0 atom stereocenters. The van der Waals surface area contributed by atoms with Gasteiger partial charge in [0, 0.05) is 28.4 Å². The molecule has 0 saturated carbocycles. The Morgan fingerprint density at radius 3 is 2.55 bits per heavy atom. The Morgan fingerprint density at radius 1 is 1.13 bits per heavy atom. The van der Waals surface area contributed by atoms with Crippen molar-refractivity contribution in [1.29, 1.82) is 0 Å². The Labute approximate surface area is 184 Å². The summed E-state index contributed by atoms with van der Waals surface area (Å²) in [5, 5.41) is 0.627. The molecule has 0 spiro atoms. The van der Waals surface area contributed by atoms with Crippen molar-refractivity contribution < 1.29 is 4.74 Å². The second-order valence-electron chi connectivity index (χ2n) is 7.66. The predicted octanol–water partition coefficient (Wildman–Crippen LogP) is 4.58. The summed E-state index contributed by atoms with van der Waals surface area (Å²) in [6, 6.07) is 9.66. The summed E-state index contributed by atoms with van der Waals surface area (Å²) < 4.78 is 7.06. The summed E-state index contributed by atoms with van der Waals surface area (Å²) >= 11 is 1.53. The number of hydrogen-bond donors (Lipinski definition) is 1. The van der Waals surface area contributed by atoms with Crippen molar-refractivity contribution in [3.05, 3.63) is 79.1 Å². The van der Waals surface area contributed by atoms with Gasteiger partial charge in [0.1, 0.15) is 10.7 Å². The number of ether oxygens (including phenoxy) is 1. The number of nitrogens with zero attached hydrogens (tertiary/aromatic N) is 2. The number of benzene rings is 1. The van der Waals surface area contributed by atoms with Gasteiger partial charge in [-0.3, -0.25) is 14.2 Å². The zero-order valence-corrected chi connectivity index (χ0v) is 18.9. The van der Waals surface area contributed by atoms with Gasteiger partial charge in [-0.15, -0.1) is 11.3 Å². The maximum atomic E-state index is 13.5. The lowest BCUT2D eigenvalue weighted by molar-refractivity contribution is 0.313. The molecule has 0 aliphatic carbocycles. The number of aromatic amines is 1. The highest BCUT2D eigenvalue weighted by molar-refractivity contribution is 7.19. The lowest BCUT2D eigenvalue weighted by Crippen LogP contribution is -2.25. The molecule has 0 saturated heterocycles. The van der Waals surface area contributed by atoms with E-state index >= 15 is 0 Å². The number of hydrogen-bond acceptors (Lipinski definition) is 5. The van der Waals surface area contributed by atoms with Gasteiger partial charge in [-0.25, -0.2) is 4.98 Å². The standard InChI is InChI=1S/C24H25N3O3S/c1-5-10-30-20-12-25-18(11-19(20)28)13-27-16(4)26-23-22(24(27)29)21(15(3)31-23)17-8-6-14(2)7-9-17/h6-9,11-12H,5,10,13H2,1-4H3,(H,25,28). The van der Waals surface area contributed by atoms with Gasteiger partial charge in [-0.05, 0) is 32.8 Å². The van der Waals surface area contributed by atoms with Crippen LogP contribution in [0.2, 0.25) is 0 Å². The number of pyridine rings is 1. The Bertz CT molecular complexity index is 1360. The van der Waals surface area contributed by atoms with E-state index in [0.29, 0.717) is 29.3 Å². The SMILES string of the molecule is CCCOc1c[nH]c(Cn2c(C)nc3sc(C)c(-c4ccc(C)cc4)c3c2=O)cc1=O. The van der Waals surface area contributed by atoms with Crippen molar-refractivity contribution in [2.75, 3.05) is 6.61 Å². The Kier molecular flexibility index (Phi) is 5.78. The van der Waals surface area contributed by atoms with Crippen LogP contribution < -0.4 is 15.7 Å². The largest absolute Gasteiger partial charge is 0.488 e. The molecule has 0 unspecified atom stereocenters. The summed E-state index contributed by atoms with van der Waals surface area (Å²) in [5.74, 6) is 0.903. The normalized spacial score (nSPS) is 11.2. The molecule has 0 radical (unpaired) electrons. The summed E-state index contributed by atoms with van der Waals surface area (Å²) in [4.78, 5) is 35.5. The number of H-pyrrole nitrogens is 1. The van der Waals surface area contributed by atoms with Crippen LogP contribution >= 0.6 is 11.3 Å². The third-order valence-electron chi connectivity index (χ3n) is 5.25. The fraction of sp³-hybridized carbons (Fsp3) is 0.292. The second kappa shape index (κ2) is 8.51. The van der Waals surface area contributed by atoms with Crippen LogP contribution in [0.1, 0.15) is 35.3 Å². The van der Waals surface area contributed by atoms with E-state index in [9.17, 15) is 9.59 Å². The Balaban J connectivity index is 1.80. The minimum atomic E-state index is -0.200. The van der Waals surface area contributed by atoms with E-state index < -0.39 is 0 Å². The Morgan fingerprint density at radius 2 is 1.87 bits per heavy atom. The van der Waals surface area contributed by atoms with E-state index in [4.69, 9.17) is 9.72 Å². The van der Waals surface area contributed by atoms with Crippen LogP contribution in [0.15, 0.2) is 46.1 Å². The number of aromatic nitrogens is 3. The van der Waals surface area contributed by atoms with Crippen molar-refractivity contribution >= 4 is 21.6 Å². The zero-order chi connectivity index (χ0) is 22.1. The van der Waals surface area contributed by atoms with Gasteiger partial charge in [-0.1, -0.05) is 36.8 Å². The molecule has 1 aromatic carbocycles. The van der Waals surface area contributed by atoms with Gasteiger partial charge in [0.2, 0.25) is 5.43 Å². The van der Waals surface area contributed by atoms with Crippen LogP contribution in [-0.4, -0.2) is 21.1 Å². The molecule has 3 heterocycles. The molecule has 4 aromatic rings. The molecule has 160 valence electrons. The smallest absolute Gasteiger partial charge is 0.263 e. The minimum Gasteiger partial charge on any atom is -0.488 e. The monoisotopic (exact) mass is 435 g/mol. The number of thiophene rings is 1. The van der Waals surface area contributed by atoms with Crippen molar-refractivity contribution in [1.82, 2.24) is 14.5 Å². The number of rotatable bonds is 6. The zero-order valence-electron chi connectivity index (χ0n) is 18.1. The summed E-state index contributed by atoms with van der Waals surface area (Å²) in [7, 11) is 0. The lowest BCUT2D eigenvalue weighted by Gasteiger charge is -2.11. The molecule has 4 rings (SSSR count). The van der Waals surface area contributed by atoms with Gasteiger partial charge in [0.05, 0.1) is 18.5 Å². The second-order valence-corrected chi connectivity index (χ2v) is 8.87. The van der Waals surface area contributed by atoms with E-state index in [1.807, 2.05) is 52.0 Å². The van der Waals surface area contributed by atoms with E-state index in [0.717, 1.165) is 27.3 Å². The quantitative estimate of drug-likeness (QED) is 0.481. The average Bonchev–Trinajstić information content (AvgIpc) is 3.07. The maximum absolute atomic E-state index is 13.5. The first-order valence-corrected chi connectivity index (χ1v) is 11.1. The summed E-state index contributed by atoms with van der Waals surface area (Å²) in [6.45, 7) is 8.59. The van der Waals surface area contributed by atoms with Crippen molar-refractivity contribution in [2.45, 2.75) is 40.7 Å². The van der Waals surface area contributed by atoms with Crippen LogP contribution in [-0.2, 0) is 6.54 Å². The third kappa shape index (κ3) is 4.05. The van der Waals surface area contributed by atoms with Crippen LogP contribution in [0, 0.1) is 20.8 Å². The summed E-state index contributed by atoms with van der Waals surface area (Å²) in [6.07, 6.45) is 2.39. The van der Waals surface area contributed by atoms with Crippen molar-refractivity contribution in [3.8, 4) is 16.9 Å². The molecule has 3 aromatic heterocycles. The third-order valence-corrected chi connectivity index (χ3v) is 6.24. The molecule has 7 heteroatoms. The molecule has 31 heavy (non-hydrogen) atoms. The van der Waals surface area contributed by atoms with Gasteiger partial charge >= 0.3 is 0 Å². The fourth-order valence-corrected chi connectivity index (χ4v) is 4.72. The molecule has 0 fully saturated rings. The van der Waals surface area contributed by atoms with E-state index in [1.165, 1.54) is 23.0 Å². The highest BCUT2D eigenvalue weighted by atomic mass is 32.1.